The van der Waals surface area contributed by atoms with Crippen molar-refractivity contribution in [3.05, 3.63) is 88.9 Å². The lowest BCUT2D eigenvalue weighted by molar-refractivity contribution is -0.115. The van der Waals surface area contributed by atoms with E-state index >= 15 is 0 Å². The predicted molar refractivity (Wildman–Crippen MR) is 135 cm³/mol. The van der Waals surface area contributed by atoms with Crippen molar-refractivity contribution in [3.63, 3.8) is 0 Å². The van der Waals surface area contributed by atoms with Crippen LogP contribution in [-0.2, 0) is 4.79 Å². The van der Waals surface area contributed by atoms with E-state index in [1.54, 1.807) is 43.3 Å². The minimum absolute atomic E-state index is 0.204. The molecule has 0 spiro atoms. The molecule has 0 saturated carbocycles. The Bertz CT molecular complexity index is 1340. The summed E-state index contributed by atoms with van der Waals surface area (Å²) in [6.07, 6.45) is 0. The largest absolute Gasteiger partial charge is 0.366 e. The number of rotatable bonds is 7. The maximum Gasteiger partial charge on any atom is 0.248 e. The first kappa shape index (κ1) is 23.5. The Morgan fingerprint density at radius 3 is 2.32 bits per heavy atom. The Balaban J connectivity index is 1.62. The van der Waals surface area contributed by atoms with E-state index in [0.717, 1.165) is 16.8 Å². The molecule has 0 aliphatic rings. The summed E-state index contributed by atoms with van der Waals surface area (Å²) in [6, 6.07) is 21.8. The van der Waals surface area contributed by atoms with Crippen molar-refractivity contribution in [2.75, 3.05) is 5.32 Å². The van der Waals surface area contributed by atoms with E-state index in [1.807, 2.05) is 47.9 Å². The minimum Gasteiger partial charge on any atom is -0.366 e. The fraction of sp³-hybridized carbons (Fsp3) is 0.120. The molecular formula is C25H22ClN5O2S. The summed E-state index contributed by atoms with van der Waals surface area (Å²) in [6.45, 7) is 3.82. The summed E-state index contributed by atoms with van der Waals surface area (Å²) < 4.78 is 1.95. The first-order valence-corrected chi connectivity index (χ1v) is 11.7. The normalized spacial score (nSPS) is 11.7. The average molecular weight is 492 g/mol. The first-order valence-electron chi connectivity index (χ1n) is 10.5. The Morgan fingerprint density at radius 2 is 1.68 bits per heavy atom. The molecule has 0 radical (unpaired) electrons. The number of amides is 2. The molecule has 2 amide bonds. The van der Waals surface area contributed by atoms with Gasteiger partial charge >= 0.3 is 0 Å². The van der Waals surface area contributed by atoms with Gasteiger partial charge in [0.05, 0.1) is 10.9 Å². The number of carbonyl (C=O) groups excluding carboxylic acids is 2. The van der Waals surface area contributed by atoms with E-state index < -0.39 is 11.2 Å². The van der Waals surface area contributed by atoms with Crippen LogP contribution in [-0.4, -0.2) is 31.8 Å². The number of hydrogen-bond acceptors (Lipinski definition) is 5. The van der Waals surface area contributed by atoms with Gasteiger partial charge in [-0.1, -0.05) is 41.6 Å². The SMILES string of the molecule is Cc1ccccc1-n1c(SC(C)C(=O)Nc2ccc(C(N)=O)cc2)nnc1-c1ccc(Cl)cc1. The van der Waals surface area contributed by atoms with Crippen LogP contribution in [0.2, 0.25) is 5.02 Å². The highest BCUT2D eigenvalue weighted by molar-refractivity contribution is 8.00. The fourth-order valence-electron chi connectivity index (χ4n) is 3.34. The van der Waals surface area contributed by atoms with Gasteiger partial charge in [-0.25, -0.2) is 0 Å². The Labute approximate surface area is 206 Å². The third kappa shape index (κ3) is 5.13. The number of nitrogens with one attached hydrogen (secondary N) is 1. The summed E-state index contributed by atoms with van der Waals surface area (Å²) >= 11 is 7.37. The molecule has 1 unspecified atom stereocenters. The van der Waals surface area contributed by atoms with Gasteiger partial charge in [0.15, 0.2) is 11.0 Å². The zero-order valence-corrected chi connectivity index (χ0v) is 20.1. The second kappa shape index (κ2) is 10.1. The van der Waals surface area contributed by atoms with Crippen molar-refractivity contribution < 1.29 is 9.59 Å². The predicted octanol–water partition coefficient (Wildman–Crippen LogP) is 5.11. The van der Waals surface area contributed by atoms with Crippen LogP contribution in [0.1, 0.15) is 22.8 Å². The van der Waals surface area contributed by atoms with E-state index in [9.17, 15) is 9.59 Å². The molecule has 0 saturated heterocycles. The van der Waals surface area contributed by atoms with Crippen LogP contribution in [0.15, 0.2) is 78.0 Å². The molecule has 0 aliphatic carbocycles. The van der Waals surface area contributed by atoms with E-state index in [4.69, 9.17) is 17.3 Å². The smallest absolute Gasteiger partial charge is 0.248 e. The monoisotopic (exact) mass is 491 g/mol. The molecule has 0 fully saturated rings. The standard InChI is InChI=1S/C25H22ClN5O2S/c1-15-5-3-4-6-21(15)31-23(18-7-11-19(26)12-8-18)29-30-25(31)34-16(2)24(33)28-20-13-9-17(10-14-20)22(27)32/h3-14,16H,1-2H3,(H2,27,32)(H,28,33). The molecule has 4 aromatic rings. The van der Waals surface area contributed by atoms with Crippen molar-refractivity contribution in [1.29, 1.82) is 0 Å². The third-order valence-electron chi connectivity index (χ3n) is 5.18. The zero-order chi connectivity index (χ0) is 24.2. The highest BCUT2D eigenvalue weighted by Gasteiger charge is 2.22. The minimum atomic E-state index is -0.520. The van der Waals surface area contributed by atoms with Crippen LogP contribution < -0.4 is 11.1 Å². The second-order valence-corrected chi connectivity index (χ2v) is 9.37. The molecule has 1 aromatic heterocycles. The van der Waals surface area contributed by atoms with Gasteiger partial charge in [0.25, 0.3) is 0 Å². The molecule has 9 heteroatoms. The number of carbonyl (C=O) groups is 2. The molecule has 7 nitrogen and oxygen atoms in total. The molecule has 1 atom stereocenters. The Hall–Kier alpha value is -3.62. The van der Waals surface area contributed by atoms with E-state index in [0.29, 0.717) is 27.3 Å². The summed E-state index contributed by atoms with van der Waals surface area (Å²) in [5, 5.41) is 12.4. The van der Waals surface area contributed by atoms with Crippen LogP contribution in [0.25, 0.3) is 17.1 Å². The van der Waals surface area contributed by atoms with Crippen molar-refractivity contribution in [3.8, 4) is 17.1 Å². The number of anilines is 1. The van der Waals surface area contributed by atoms with Gasteiger partial charge < -0.3 is 11.1 Å². The number of para-hydroxylation sites is 1. The zero-order valence-electron chi connectivity index (χ0n) is 18.5. The van der Waals surface area contributed by atoms with Crippen molar-refractivity contribution >= 4 is 40.9 Å². The highest BCUT2D eigenvalue weighted by atomic mass is 35.5. The number of benzene rings is 3. The number of nitrogens with zero attached hydrogens (tertiary/aromatic N) is 3. The number of thioether (sulfide) groups is 1. The van der Waals surface area contributed by atoms with Crippen LogP contribution in [0.4, 0.5) is 5.69 Å². The van der Waals surface area contributed by atoms with Gasteiger partial charge in [0, 0.05) is 21.8 Å². The third-order valence-corrected chi connectivity index (χ3v) is 6.48. The van der Waals surface area contributed by atoms with Crippen molar-refractivity contribution in [2.24, 2.45) is 5.73 Å². The van der Waals surface area contributed by atoms with E-state index in [-0.39, 0.29) is 5.91 Å². The Kier molecular flexibility index (Phi) is 7.00. The number of halogens is 1. The highest BCUT2D eigenvalue weighted by Crippen LogP contribution is 2.32. The van der Waals surface area contributed by atoms with Gasteiger partial charge in [-0.15, -0.1) is 10.2 Å². The van der Waals surface area contributed by atoms with Crippen molar-refractivity contribution in [2.45, 2.75) is 24.3 Å². The van der Waals surface area contributed by atoms with Crippen LogP contribution >= 0.6 is 23.4 Å². The summed E-state index contributed by atoms with van der Waals surface area (Å²) in [5.41, 5.74) is 9.05. The molecule has 0 bridgehead atoms. The van der Waals surface area contributed by atoms with Gasteiger partial charge in [0.1, 0.15) is 0 Å². The molecule has 3 aromatic carbocycles. The molecule has 4 rings (SSSR count). The summed E-state index contributed by atoms with van der Waals surface area (Å²) in [5.74, 6) is -0.0684. The molecule has 172 valence electrons. The van der Waals surface area contributed by atoms with Crippen molar-refractivity contribution in [1.82, 2.24) is 14.8 Å². The molecule has 3 N–H and O–H groups in total. The topological polar surface area (TPSA) is 103 Å². The van der Waals surface area contributed by atoms with Crippen LogP contribution in [0, 0.1) is 6.92 Å². The summed E-state index contributed by atoms with van der Waals surface area (Å²) in [4.78, 5) is 24.1. The first-order chi connectivity index (χ1) is 16.3. The maximum absolute atomic E-state index is 12.9. The number of nitrogens with two attached hydrogens (primary N) is 1. The second-order valence-electron chi connectivity index (χ2n) is 7.63. The molecule has 1 heterocycles. The number of aryl methyl sites for hydroxylation is 1. The quantitative estimate of drug-likeness (QED) is 0.349. The maximum atomic E-state index is 12.9. The Morgan fingerprint density at radius 1 is 1.00 bits per heavy atom. The molecule has 34 heavy (non-hydrogen) atoms. The van der Waals surface area contributed by atoms with Gasteiger partial charge in [-0.05, 0) is 74.0 Å². The van der Waals surface area contributed by atoms with E-state index in [1.165, 1.54) is 11.8 Å². The summed E-state index contributed by atoms with van der Waals surface area (Å²) in [7, 11) is 0. The number of primary amides is 1. The average Bonchev–Trinajstić information content (AvgIpc) is 3.23. The number of aromatic nitrogens is 3. The lowest BCUT2D eigenvalue weighted by Gasteiger charge is -2.15. The van der Waals surface area contributed by atoms with Crippen LogP contribution in [0.5, 0.6) is 0 Å². The fourth-order valence-corrected chi connectivity index (χ4v) is 4.32. The van der Waals surface area contributed by atoms with Gasteiger partial charge in [0.2, 0.25) is 11.8 Å². The lowest BCUT2D eigenvalue weighted by atomic mass is 10.1. The van der Waals surface area contributed by atoms with Gasteiger partial charge in [-0.3, -0.25) is 14.2 Å². The van der Waals surface area contributed by atoms with E-state index in [2.05, 4.69) is 15.5 Å². The van der Waals surface area contributed by atoms with Gasteiger partial charge in [-0.2, -0.15) is 0 Å². The molecule has 0 aliphatic heterocycles. The number of hydrogen-bond donors (Lipinski definition) is 2. The lowest BCUT2D eigenvalue weighted by Crippen LogP contribution is -2.23. The van der Waals surface area contributed by atoms with Crippen LogP contribution in [0.3, 0.4) is 0 Å². The molecular weight excluding hydrogens is 470 g/mol.